The molecule has 0 aromatic heterocycles. The van der Waals surface area contributed by atoms with E-state index in [1.54, 1.807) is 18.2 Å². The average Bonchev–Trinajstić information content (AvgIpc) is 2.70. The molecule has 160 valence electrons. The lowest BCUT2D eigenvalue weighted by Crippen LogP contribution is -2.35. The molecule has 31 heavy (non-hydrogen) atoms. The van der Waals surface area contributed by atoms with Crippen molar-refractivity contribution in [3.05, 3.63) is 93.5 Å². The Morgan fingerprint density at radius 3 is 2.23 bits per heavy atom. The number of benzene rings is 3. The summed E-state index contributed by atoms with van der Waals surface area (Å²) in [6, 6.07) is 13.6. The van der Waals surface area contributed by atoms with E-state index in [9.17, 15) is 18.4 Å². The Hall–Kier alpha value is -3.16. The molecule has 5 nitrogen and oxygen atoms in total. The van der Waals surface area contributed by atoms with Gasteiger partial charge in [0.05, 0.1) is 5.02 Å². The molecule has 3 aromatic carbocycles. The zero-order chi connectivity index (χ0) is 22.5. The molecule has 2 N–H and O–H groups in total. The van der Waals surface area contributed by atoms with Crippen molar-refractivity contribution in [1.29, 1.82) is 0 Å². The van der Waals surface area contributed by atoms with Crippen molar-refractivity contribution in [1.82, 2.24) is 5.32 Å². The van der Waals surface area contributed by atoms with Gasteiger partial charge in [-0.3, -0.25) is 10.1 Å². The summed E-state index contributed by atoms with van der Waals surface area (Å²) < 4.78 is 33.1. The van der Waals surface area contributed by atoms with Gasteiger partial charge in [0.2, 0.25) is 0 Å². The van der Waals surface area contributed by atoms with Gasteiger partial charge in [-0.1, -0.05) is 41.4 Å². The molecule has 0 heterocycles. The van der Waals surface area contributed by atoms with E-state index in [1.165, 1.54) is 12.1 Å². The molecule has 0 radical (unpaired) electrons. The molecule has 3 amide bonds. The van der Waals surface area contributed by atoms with Crippen LogP contribution in [-0.2, 0) is 0 Å². The van der Waals surface area contributed by atoms with E-state index in [-0.39, 0.29) is 16.8 Å². The summed E-state index contributed by atoms with van der Waals surface area (Å²) in [5.74, 6) is -3.00. The lowest BCUT2D eigenvalue weighted by atomic mass is 10.1. The van der Waals surface area contributed by atoms with Gasteiger partial charge in [-0.2, -0.15) is 0 Å². The van der Waals surface area contributed by atoms with E-state index in [4.69, 9.17) is 27.9 Å². The van der Waals surface area contributed by atoms with E-state index in [0.717, 1.165) is 23.8 Å². The van der Waals surface area contributed by atoms with Crippen LogP contribution in [0, 0.1) is 11.6 Å². The second-order valence-electron chi connectivity index (χ2n) is 6.46. The van der Waals surface area contributed by atoms with Crippen molar-refractivity contribution in [3.8, 4) is 5.75 Å². The van der Waals surface area contributed by atoms with Crippen LogP contribution in [0.1, 0.15) is 28.9 Å². The zero-order valence-corrected chi connectivity index (χ0v) is 17.6. The number of carbonyl (C=O) groups is 2. The van der Waals surface area contributed by atoms with Gasteiger partial charge in [-0.15, -0.1) is 0 Å². The van der Waals surface area contributed by atoms with Crippen molar-refractivity contribution in [2.45, 2.75) is 13.0 Å². The first-order valence-electron chi connectivity index (χ1n) is 9.02. The minimum absolute atomic E-state index is 0.213. The first kappa shape index (κ1) is 22.5. The quantitative estimate of drug-likeness (QED) is 0.460. The molecular weight excluding hydrogens is 449 g/mol. The van der Waals surface area contributed by atoms with Crippen LogP contribution in [0.3, 0.4) is 0 Å². The number of ether oxygens (including phenoxy) is 1. The number of urea groups is 1. The van der Waals surface area contributed by atoms with Crippen LogP contribution in [-0.4, -0.2) is 11.9 Å². The van der Waals surface area contributed by atoms with Gasteiger partial charge in [0.1, 0.15) is 29.1 Å². The average molecular weight is 465 g/mol. The predicted molar refractivity (Wildman–Crippen MR) is 115 cm³/mol. The number of nitrogens with one attached hydrogen (secondary N) is 2. The summed E-state index contributed by atoms with van der Waals surface area (Å²) in [6.45, 7) is 1.84. The molecule has 3 aromatic rings. The van der Waals surface area contributed by atoms with Gasteiger partial charge in [-0.05, 0) is 55.0 Å². The number of carbonyl (C=O) groups excluding carboxylic acids is 2. The predicted octanol–water partition coefficient (Wildman–Crippen LogP) is 6.37. The maximum Gasteiger partial charge on any atom is 0.326 e. The molecule has 0 fully saturated rings. The smallest absolute Gasteiger partial charge is 0.326 e. The number of amides is 3. The van der Waals surface area contributed by atoms with Crippen LogP contribution in [0.5, 0.6) is 5.75 Å². The number of hydrogen-bond acceptors (Lipinski definition) is 3. The van der Waals surface area contributed by atoms with E-state index < -0.39 is 29.1 Å². The van der Waals surface area contributed by atoms with Crippen LogP contribution < -0.4 is 15.4 Å². The van der Waals surface area contributed by atoms with Gasteiger partial charge in [-0.25, -0.2) is 13.6 Å². The second-order valence-corrected chi connectivity index (χ2v) is 7.31. The Balaban J connectivity index is 1.63. The monoisotopic (exact) mass is 464 g/mol. The Bertz CT molecular complexity index is 1100. The fourth-order valence-corrected chi connectivity index (χ4v) is 3.06. The van der Waals surface area contributed by atoms with E-state index in [2.05, 4.69) is 5.32 Å². The molecule has 0 aliphatic heterocycles. The summed E-state index contributed by atoms with van der Waals surface area (Å²) in [5.41, 5.74) is 0.285. The number of halogens is 4. The van der Waals surface area contributed by atoms with Crippen LogP contribution >= 0.6 is 23.2 Å². The summed E-state index contributed by atoms with van der Waals surface area (Å²) >= 11 is 12.1. The van der Waals surface area contributed by atoms with Crippen LogP contribution in [0.2, 0.25) is 10.0 Å². The third kappa shape index (κ3) is 5.71. The molecule has 0 aliphatic rings. The van der Waals surface area contributed by atoms with Crippen LogP contribution in [0.25, 0.3) is 0 Å². The highest BCUT2D eigenvalue weighted by molar-refractivity contribution is 6.32. The van der Waals surface area contributed by atoms with Crippen LogP contribution in [0.4, 0.5) is 19.3 Å². The maximum absolute atomic E-state index is 13.7. The van der Waals surface area contributed by atoms with Crippen molar-refractivity contribution in [2.75, 3.05) is 5.32 Å². The summed E-state index contributed by atoms with van der Waals surface area (Å²) in [6.07, 6.45) is -0.315. The van der Waals surface area contributed by atoms with Crippen molar-refractivity contribution in [3.63, 3.8) is 0 Å². The lowest BCUT2D eigenvalue weighted by molar-refractivity contribution is 0.0959. The fourth-order valence-electron chi connectivity index (χ4n) is 2.71. The molecule has 0 bridgehead atoms. The molecule has 0 spiro atoms. The molecule has 1 atom stereocenters. The van der Waals surface area contributed by atoms with Crippen molar-refractivity contribution < 1.29 is 23.1 Å². The summed E-state index contributed by atoms with van der Waals surface area (Å²) in [7, 11) is 0. The molecule has 0 saturated heterocycles. The number of hydrogen-bond donors (Lipinski definition) is 2. The topological polar surface area (TPSA) is 67.4 Å². The van der Waals surface area contributed by atoms with E-state index in [0.29, 0.717) is 10.8 Å². The summed E-state index contributed by atoms with van der Waals surface area (Å²) in [4.78, 5) is 24.0. The van der Waals surface area contributed by atoms with Crippen molar-refractivity contribution >= 4 is 40.8 Å². The van der Waals surface area contributed by atoms with E-state index in [1.807, 2.05) is 24.4 Å². The maximum atomic E-state index is 13.7. The normalized spacial score (nSPS) is 11.5. The molecule has 1 unspecified atom stereocenters. The highest BCUT2D eigenvalue weighted by atomic mass is 35.5. The van der Waals surface area contributed by atoms with E-state index >= 15 is 0 Å². The molecule has 0 saturated carbocycles. The highest BCUT2D eigenvalue weighted by Crippen LogP contribution is 2.31. The summed E-state index contributed by atoms with van der Waals surface area (Å²) in [5, 5.41) is 5.06. The third-order valence-corrected chi connectivity index (χ3v) is 4.80. The molecular formula is C22H16Cl2F2N2O3. The molecule has 3 rings (SSSR count). The van der Waals surface area contributed by atoms with Gasteiger partial charge in [0, 0.05) is 10.7 Å². The number of anilines is 1. The first-order valence-corrected chi connectivity index (χ1v) is 9.78. The second kappa shape index (κ2) is 9.76. The third-order valence-electron chi connectivity index (χ3n) is 4.25. The minimum Gasteiger partial charge on any atom is -0.484 e. The first-order chi connectivity index (χ1) is 14.7. The van der Waals surface area contributed by atoms with Gasteiger partial charge >= 0.3 is 6.03 Å². The fraction of sp³-hybridized carbons (Fsp3) is 0.0909. The Kier molecular flexibility index (Phi) is 7.09. The minimum atomic E-state index is -1.21. The van der Waals surface area contributed by atoms with Gasteiger partial charge in [0.25, 0.3) is 5.91 Å². The Morgan fingerprint density at radius 2 is 1.61 bits per heavy atom. The molecule has 9 heteroatoms. The highest BCUT2D eigenvalue weighted by Gasteiger charge is 2.19. The SMILES string of the molecule is CC(Oc1ccc(NC(=O)NC(=O)c2c(F)cccc2F)cc1Cl)c1ccc(Cl)cc1. The lowest BCUT2D eigenvalue weighted by Gasteiger charge is -2.17. The Morgan fingerprint density at radius 1 is 0.968 bits per heavy atom. The largest absolute Gasteiger partial charge is 0.484 e. The number of rotatable bonds is 5. The van der Waals surface area contributed by atoms with Gasteiger partial charge in [0.15, 0.2) is 0 Å². The standard InChI is InChI=1S/C22H16Cl2F2N2O3/c1-12(13-5-7-14(23)8-6-13)31-19-10-9-15(11-16(19)24)27-22(30)28-21(29)20-17(25)3-2-4-18(20)26/h2-12H,1H3,(H2,27,28,29,30). The van der Waals surface area contributed by atoms with Gasteiger partial charge < -0.3 is 10.1 Å². The van der Waals surface area contributed by atoms with Crippen molar-refractivity contribution in [2.24, 2.45) is 0 Å². The Labute approximate surface area is 186 Å². The number of imide groups is 1. The van der Waals surface area contributed by atoms with Crippen LogP contribution in [0.15, 0.2) is 60.7 Å². The zero-order valence-electron chi connectivity index (χ0n) is 16.1. The molecule has 0 aliphatic carbocycles.